The zero-order valence-electron chi connectivity index (χ0n) is 10.8. The molecule has 0 bridgehead atoms. The lowest BCUT2D eigenvalue weighted by Gasteiger charge is -2.05. The molecule has 92 valence electrons. The van der Waals surface area contributed by atoms with Crippen LogP contribution in [-0.4, -0.2) is 26.8 Å². The molecule has 0 saturated carbocycles. The van der Waals surface area contributed by atoms with Crippen molar-refractivity contribution in [3.05, 3.63) is 0 Å². The van der Waals surface area contributed by atoms with E-state index in [0.717, 1.165) is 25.5 Å². The van der Waals surface area contributed by atoms with Crippen LogP contribution in [0.1, 0.15) is 52.4 Å². The fourth-order valence-electron chi connectivity index (χ4n) is 1.62. The van der Waals surface area contributed by atoms with Crippen molar-refractivity contribution in [1.29, 1.82) is 0 Å². The summed E-state index contributed by atoms with van der Waals surface area (Å²) in [5.74, 6) is 0.872. The van der Waals surface area contributed by atoms with Crippen molar-refractivity contribution < 1.29 is 4.74 Å². The van der Waals surface area contributed by atoms with E-state index in [-0.39, 0.29) is 0 Å². The number of ether oxygens (including phenoxy) is 1. The molecular formula is C13H29NO. The van der Waals surface area contributed by atoms with Gasteiger partial charge in [-0.05, 0) is 31.8 Å². The first-order valence-corrected chi connectivity index (χ1v) is 6.47. The first-order valence-electron chi connectivity index (χ1n) is 6.47. The summed E-state index contributed by atoms with van der Waals surface area (Å²) in [4.78, 5) is 0. The van der Waals surface area contributed by atoms with Gasteiger partial charge < -0.3 is 10.1 Å². The Morgan fingerprint density at radius 3 is 2.27 bits per heavy atom. The Balaban J connectivity index is 2.87. The largest absolute Gasteiger partial charge is 0.385 e. The summed E-state index contributed by atoms with van der Waals surface area (Å²) >= 11 is 0. The minimum atomic E-state index is 0.872. The van der Waals surface area contributed by atoms with Gasteiger partial charge in [0.05, 0.1) is 0 Å². The number of rotatable bonds is 11. The maximum atomic E-state index is 4.98. The van der Waals surface area contributed by atoms with E-state index in [2.05, 4.69) is 19.2 Å². The minimum Gasteiger partial charge on any atom is -0.385 e. The number of methoxy groups -OCH3 is 1. The van der Waals surface area contributed by atoms with Crippen LogP contribution in [0.5, 0.6) is 0 Å². The highest BCUT2D eigenvalue weighted by Crippen LogP contribution is 2.08. The smallest absolute Gasteiger partial charge is 0.0474 e. The van der Waals surface area contributed by atoms with Gasteiger partial charge in [0.25, 0.3) is 0 Å². The van der Waals surface area contributed by atoms with E-state index in [1.54, 1.807) is 7.11 Å². The van der Waals surface area contributed by atoms with Gasteiger partial charge in [-0.25, -0.2) is 0 Å². The van der Waals surface area contributed by atoms with Crippen LogP contribution in [0, 0.1) is 5.92 Å². The molecule has 0 spiro atoms. The van der Waals surface area contributed by atoms with Crippen LogP contribution in [0.4, 0.5) is 0 Å². The molecule has 15 heavy (non-hydrogen) atoms. The molecule has 0 aliphatic carbocycles. The Bertz CT molecular complexity index is 115. The van der Waals surface area contributed by atoms with E-state index in [0.29, 0.717) is 0 Å². The van der Waals surface area contributed by atoms with Crippen LogP contribution >= 0.6 is 0 Å². The van der Waals surface area contributed by atoms with Crippen LogP contribution in [0.25, 0.3) is 0 Å². The van der Waals surface area contributed by atoms with Gasteiger partial charge in [0.2, 0.25) is 0 Å². The van der Waals surface area contributed by atoms with E-state index in [9.17, 15) is 0 Å². The van der Waals surface area contributed by atoms with Gasteiger partial charge in [0.1, 0.15) is 0 Å². The second-order valence-corrected chi connectivity index (χ2v) is 4.69. The molecule has 0 rings (SSSR count). The Labute approximate surface area is 95.8 Å². The van der Waals surface area contributed by atoms with Crippen molar-refractivity contribution in [3.8, 4) is 0 Å². The molecule has 0 aromatic rings. The molecule has 0 aromatic carbocycles. The van der Waals surface area contributed by atoms with E-state index >= 15 is 0 Å². The third-order valence-electron chi connectivity index (χ3n) is 2.59. The van der Waals surface area contributed by atoms with Crippen molar-refractivity contribution in [2.45, 2.75) is 52.4 Å². The molecule has 0 saturated heterocycles. The fourth-order valence-corrected chi connectivity index (χ4v) is 1.62. The molecule has 0 aliphatic rings. The van der Waals surface area contributed by atoms with Crippen LogP contribution in [0.15, 0.2) is 0 Å². The predicted molar refractivity (Wildman–Crippen MR) is 67.3 cm³/mol. The summed E-state index contributed by atoms with van der Waals surface area (Å²) in [6.45, 7) is 7.75. The number of hydrogen-bond acceptors (Lipinski definition) is 2. The molecule has 1 N–H and O–H groups in total. The standard InChI is InChI=1S/C13H29NO/c1-13(2)9-6-4-5-7-10-14-11-8-12-15-3/h13-14H,4-12H2,1-3H3. The summed E-state index contributed by atoms with van der Waals surface area (Å²) in [5.41, 5.74) is 0. The van der Waals surface area contributed by atoms with Crippen molar-refractivity contribution in [2.24, 2.45) is 5.92 Å². The second kappa shape index (κ2) is 12.0. The average Bonchev–Trinajstić information content (AvgIpc) is 2.20. The lowest BCUT2D eigenvalue weighted by atomic mass is 10.0. The topological polar surface area (TPSA) is 21.3 Å². The Kier molecular flexibility index (Phi) is 11.9. The molecule has 0 atom stereocenters. The molecule has 0 unspecified atom stereocenters. The number of unbranched alkanes of at least 4 members (excludes halogenated alkanes) is 3. The highest BCUT2D eigenvalue weighted by Gasteiger charge is 1.94. The van der Waals surface area contributed by atoms with Gasteiger partial charge in [-0.1, -0.05) is 39.5 Å². The molecule has 2 heteroatoms. The van der Waals surface area contributed by atoms with Crippen LogP contribution < -0.4 is 5.32 Å². The zero-order chi connectivity index (χ0) is 11.4. The monoisotopic (exact) mass is 215 g/mol. The van der Waals surface area contributed by atoms with Crippen molar-refractivity contribution in [1.82, 2.24) is 5.32 Å². The lowest BCUT2D eigenvalue weighted by molar-refractivity contribution is 0.194. The SMILES string of the molecule is COCCCNCCCCCCC(C)C. The van der Waals surface area contributed by atoms with Gasteiger partial charge in [-0.3, -0.25) is 0 Å². The lowest BCUT2D eigenvalue weighted by Crippen LogP contribution is -2.17. The van der Waals surface area contributed by atoms with E-state index in [1.807, 2.05) is 0 Å². The zero-order valence-corrected chi connectivity index (χ0v) is 10.8. The number of hydrogen-bond donors (Lipinski definition) is 1. The summed E-state index contributed by atoms with van der Waals surface area (Å²) in [6, 6.07) is 0. The van der Waals surface area contributed by atoms with Gasteiger partial charge in [-0.15, -0.1) is 0 Å². The molecule has 2 nitrogen and oxygen atoms in total. The number of nitrogens with one attached hydrogen (secondary N) is 1. The summed E-state index contributed by atoms with van der Waals surface area (Å²) in [7, 11) is 1.76. The Hall–Kier alpha value is -0.0800. The fraction of sp³-hybridized carbons (Fsp3) is 1.00. The van der Waals surface area contributed by atoms with E-state index in [1.165, 1.54) is 38.6 Å². The van der Waals surface area contributed by atoms with Crippen molar-refractivity contribution in [2.75, 3.05) is 26.8 Å². The predicted octanol–water partition coefficient (Wildman–Crippen LogP) is 3.22. The molecule has 0 heterocycles. The summed E-state index contributed by atoms with van der Waals surface area (Å²) < 4.78 is 4.98. The third kappa shape index (κ3) is 13.9. The molecule has 0 radical (unpaired) electrons. The van der Waals surface area contributed by atoms with Gasteiger partial charge in [-0.2, -0.15) is 0 Å². The quantitative estimate of drug-likeness (QED) is 0.534. The first-order chi connectivity index (χ1) is 7.27. The molecule has 0 fully saturated rings. The first kappa shape index (κ1) is 14.9. The Morgan fingerprint density at radius 2 is 1.60 bits per heavy atom. The molecule has 0 amide bonds. The molecule has 0 aromatic heterocycles. The highest BCUT2D eigenvalue weighted by atomic mass is 16.5. The highest BCUT2D eigenvalue weighted by molar-refractivity contribution is 4.51. The van der Waals surface area contributed by atoms with Crippen molar-refractivity contribution >= 4 is 0 Å². The third-order valence-corrected chi connectivity index (χ3v) is 2.59. The van der Waals surface area contributed by atoms with E-state index < -0.39 is 0 Å². The van der Waals surface area contributed by atoms with Gasteiger partial charge in [0.15, 0.2) is 0 Å². The maximum absolute atomic E-state index is 4.98. The molecule has 0 aliphatic heterocycles. The van der Waals surface area contributed by atoms with Crippen molar-refractivity contribution in [3.63, 3.8) is 0 Å². The van der Waals surface area contributed by atoms with Crippen LogP contribution in [0.2, 0.25) is 0 Å². The summed E-state index contributed by atoms with van der Waals surface area (Å²) in [6.07, 6.45) is 8.03. The maximum Gasteiger partial charge on any atom is 0.0474 e. The van der Waals surface area contributed by atoms with Crippen LogP contribution in [0.3, 0.4) is 0 Å². The summed E-state index contributed by atoms with van der Waals surface area (Å²) in [5, 5.41) is 3.44. The van der Waals surface area contributed by atoms with Gasteiger partial charge >= 0.3 is 0 Å². The van der Waals surface area contributed by atoms with E-state index in [4.69, 9.17) is 4.74 Å². The Morgan fingerprint density at radius 1 is 0.933 bits per heavy atom. The minimum absolute atomic E-state index is 0.872. The van der Waals surface area contributed by atoms with Crippen LogP contribution in [-0.2, 0) is 4.74 Å². The normalized spacial score (nSPS) is 11.2. The average molecular weight is 215 g/mol. The second-order valence-electron chi connectivity index (χ2n) is 4.69. The van der Waals surface area contributed by atoms with Gasteiger partial charge in [0, 0.05) is 13.7 Å². The molecular weight excluding hydrogens is 186 g/mol.